The number of rotatable bonds is 3. The lowest BCUT2D eigenvalue weighted by Crippen LogP contribution is -2.53. The molecule has 0 atom stereocenters. The molecular weight excluding hydrogens is 387 g/mol. The molecule has 1 aromatic rings. The molecule has 0 unspecified atom stereocenters. The van der Waals surface area contributed by atoms with E-state index in [4.69, 9.17) is 12.2 Å². The molecule has 102 valence electrons. The van der Waals surface area contributed by atoms with Crippen LogP contribution in [0.4, 0.5) is 0 Å². The van der Waals surface area contributed by atoms with Gasteiger partial charge in [-0.25, -0.2) is 0 Å². The average Bonchev–Trinajstić information content (AvgIpc) is 2.41. The van der Waals surface area contributed by atoms with Crippen molar-refractivity contribution in [2.24, 2.45) is 0 Å². The average molecular weight is 398 g/mol. The third-order valence-corrected chi connectivity index (χ3v) is 4.01. The van der Waals surface area contributed by atoms with Crippen molar-refractivity contribution in [3.05, 3.63) is 51.6 Å². The second kappa shape index (κ2) is 6.27. The topological polar surface area (TPSA) is 49.4 Å². The first kappa shape index (κ1) is 14.9. The third-order valence-electron chi connectivity index (χ3n) is 2.70. The standard InChI is InChI=1S/C14H11IN2O2S/c1-2-7-17-13(19)10(12(18)16-14(17)20)8-9-5-3-4-6-11(9)15/h2-6,8H,1,7H2,(H,16,18,20). The fourth-order valence-electron chi connectivity index (χ4n) is 1.74. The molecule has 20 heavy (non-hydrogen) atoms. The smallest absolute Gasteiger partial charge is 0.265 e. The number of hydrogen-bond acceptors (Lipinski definition) is 3. The molecule has 0 radical (unpaired) electrons. The van der Waals surface area contributed by atoms with Crippen molar-refractivity contribution < 1.29 is 9.59 Å². The predicted molar refractivity (Wildman–Crippen MR) is 89.8 cm³/mol. The molecule has 6 heteroatoms. The Hall–Kier alpha value is -1.54. The Morgan fingerprint density at radius 1 is 1.35 bits per heavy atom. The van der Waals surface area contributed by atoms with Gasteiger partial charge in [0.15, 0.2) is 5.11 Å². The van der Waals surface area contributed by atoms with Gasteiger partial charge in [0.1, 0.15) is 5.57 Å². The van der Waals surface area contributed by atoms with Gasteiger partial charge in [-0.05, 0) is 52.5 Å². The third kappa shape index (κ3) is 2.96. The largest absolute Gasteiger partial charge is 0.298 e. The molecule has 0 spiro atoms. The van der Waals surface area contributed by atoms with Crippen molar-refractivity contribution in [3.63, 3.8) is 0 Å². The minimum Gasteiger partial charge on any atom is -0.298 e. The van der Waals surface area contributed by atoms with Crippen molar-refractivity contribution in [2.75, 3.05) is 6.54 Å². The van der Waals surface area contributed by atoms with E-state index < -0.39 is 11.8 Å². The summed E-state index contributed by atoms with van der Waals surface area (Å²) in [5.74, 6) is -0.877. The summed E-state index contributed by atoms with van der Waals surface area (Å²) in [5, 5.41) is 2.62. The van der Waals surface area contributed by atoms with Crippen molar-refractivity contribution in [1.29, 1.82) is 0 Å². The van der Waals surface area contributed by atoms with Gasteiger partial charge in [0.05, 0.1) is 0 Å². The Morgan fingerprint density at radius 2 is 2.05 bits per heavy atom. The minimum absolute atomic E-state index is 0.0737. The first-order chi connectivity index (χ1) is 9.54. The number of amides is 2. The monoisotopic (exact) mass is 398 g/mol. The second-order valence-electron chi connectivity index (χ2n) is 4.04. The first-order valence-corrected chi connectivity index (χ1v) is 7.27. The molecule has 1 saturated heterocycles. The van der Waals surface area contributed by atoms with Gasteiger partial charge in [-0.15, -0.1) is 6.58 Å². The molecule has 1 N–H and O–H groups in total. The number of halogens is 1. The van der Waals surface area contributed by atoms with Gasteiger partial charge in [0.25, 0.3) is 11.8 Å². The molecule has 0 aliphatic carbocycles. The summed E-state index contributed by atoms with van der Waals surface area (Å²) in [5.41, 5.74) is 0.891. The fraction of sp³-hybridized carbons (Fsp3) is 0.0714. The maximum atomic E-state index is 12.3. The number of carbonyl (C=O) groups is 2. The summed E-state index contributed by atoms with van der Waals surface area (Å²) in [6.07, 6.45) is 3.14. The van der Waals surface area contributed by atoms with Crippen LogP contribution in [0.2, 0.25) is 0 Å². The molecule has 1 aromatic carbocycles. The molecule has 2 rings (SSSR count). The van der Waals surface area contributed by atoms with Crippen LogP contribution in [-0.4, -0.2) is 28.4 Å². The Labute approximate surface area is 135 Å². The molecule has 1 fully saturated rings. The van der Waals surface area contributed by atoms with E-state index in [1.54, 1.807) is 12.2 Å². The van der Waals surface area contributed by atoms with E-state index in [0.717, 1.165) is 9.13 Å². The molecule has 0 bridgehead atoms. The van der Waals surface area contributed by atoms with Crippen molar-refractivity contribution in [2.45, 2.75) is 0 Å². The highest BCUT2D eigenvalue weighted by Gasteiger charge is 2.32. The van der Waals surface area contributed by atoms with Gasteiger partial charge in [0.2, 0.25) is 0 Å². The fourth-order valence-corrected chi connectivity index (χ4v) is 2.53. The molecule has 0 aromatic heterocycles. The van der Waals surface area contributed by atoms with Crippen LogP contribution in [0.15, 0.2) is 42.5 Å². The van der Waals surface area contributed by atoms with Crippen LogP contribution in [0.25, 0.3) is 6.08 Å². The van der Waals surface area contributed by atoms with E-state index in [9.17, 15) is 9.59 Å². The summed E-state index contributed by atoms with van der Waals surface area (Å²) < 4.78 is 0.960. The number of benzene rings is 1. The molecule has 2 amide bonds. The maximum absolute atomic E-state index is 12.3. The number of nitrogens with one attached hydrogen (secondary N) is 1. The van der Waals surface area contributed by atoms with Gasteiger partial charge in [0, 0.05) is 10.1 Å². The van der Waals surface area contributed by atoms with Crippen LogP contribution in [0, 0.1) is 3.57 Å². The van der Waals surface area contributed by atoms with E-state index in [0.29, 0.717) is 0 Å². The van der Waals surface area contributed by atoms with Gasteiger partial charge >= 0.3 is 0 Å². The first-order valence-electron chi connectivity index (χ1n) is 5.79. The second-order valence-corrected chi connectivity index (χ2v) is 5.59. The van der Waals surface area contributed by atoms with Crippen molar-refractivity contribution in [3.8, 4) is 0 Å². The molecule has 1 heterocycles. The number of carbonyl (C=O) groups excluding carboxylic acids is 2. The van der Waals surface area contributed by atoms with Gasteiger partial charge in [-0.1, -0.05) is 24.3 Å². The lowest BCUT2D eigenvalue weighted by Gasteiger charge is -2.27. The zero-order valence-electron chi connectivity index (χ0n) is 10.4. The highest BCUT2D eigenvalue weighted by Crippen LogP contribution is 2.18. The molecule has 4 nitrogen and oxygen atoms in total. The summed E-state index contributed by atoms with van der Waals surface area (Å²) in [4.78, 5) is 25.6. The summed E-state index contributed by atoms with van der Waals surface area (Å²) >= 11 is 7.14. The molecule has 1 aliphatic heterocycles. The van der Waals surface area contributed by atoms with Crippen LogP contribution in [-0.2, 0) is 9.59 Å². The summed E-state index contributed by atoms with van der Waals surface area (Å²) in [7, 11) is 0. The van der Waals surface area contributed by atoms with E-state index in [1.807, 2.05) is 24.3 Å². The number of hydrogen-bond donors (Lipinski definition) is 1. The SMILES string of the molecule is C=CCN1C(=O)C(=Cc2ccccc2I)C(=O)NC1=S. The van der Waals surface area contributed by atoms with E-state index >= 15 is 0 Å². The number of nitrogens with zero attached hydrogens (tertiary/aromatic N) is 1. The highest BCUT2D eigenvalue weighted by molar-refractivity contribution is 14.1. The van der Waals surface area contributed by atoms with Gasteiger partial charge < -0.3 is 0 Å². The van der Waals surface area contributed by atoms with Gasteiger partial charge in [-0.3, -0.25) is 19.8 Å². The molecular formula is C14H11IN2O2S. The Bertz CT molecular complexity index is 640. The van der Waals surface area contributed by atoms with Crippen LogP contribution in [0.5, 0.6) is 0 Å². The van der Waals surface area contributed by atoms with E-state index in [2.05, 4.69) is 34.5 Å². The van der Waals surface area contributed by atoms with Crippen LogP contribution >= 0.6 is 34.8 Å². The number of thiocarbonyl (C=S) groups is 1. The lowest BCUT2D eigenvalue weighted by atomic mass is 10.1. The summed E-state index contributed by atoms with van der Waals surface area (Å²) in [6, 6.07) is 7.50. The van der Waals surface area contributed by atoms with Gasteiger partial charge in [-0.2, -0.15) is 0 Å². The molecule has 0 saturated carbocycles. The van der Waals surface area contributed by atoms with Crippen molar-refractivity contribution >= 4 is 57.8 Å². The van der Waals surface area contributed by atoms with Crippen molar-refractivity contribution in [1.82, 2.24) is 10.2 Å². The normalized spacial score (nSPS) is 17.4. The Kier molecular flexibility index (Phi) is 4.66. The highest BCUT2D eigenvalue weighted by atomic mass is 127. The Balaban J connectivity index is 2.42. The van der Waals surface area contributed by atoms with Crippen LogP contribution in [0.3, 0.4) is 0 Å². The van der Waals surface area contributed by atoms with E-state index in [1.165, 1.54) is 4.90 Å². The lowest BCUT2D eigenvalue weighted by molar-refractivity contribution is -0.128. The van der Waals surface area contributed by atoms with Crippen LogP contribution < -0.4 is 5.32 Å². The zero-order chi connectivity index (χ0) is 14.7. The quantitative estimate of drug-likeness (QED) is 0.279. The van der Waals surface area contributed by atoms with Crippen LogP contribution in [0.1, 0.15) is 5.56 Å². The minimum atomic E-state index is -0.472. The predicted octanol–water partition coefficient (Wildman–Crippen LogP) is 2.10. The maximum Gasteiger partial charge on any atom is 0.265 e. The Morgan fingerprint density at radius 3 is 2.70 bits per heavy atom. The summed E-state index contributed by atoms with van der Waals surface area (Å²) in [6.45, 7) is 3.84. The molecule has 1 aliphatic rings. The van der Waals surface area contributed by atoms with E-state index in [-0.39, 0.29) is 17.2 Å². The zero-order valence-corrected chi connectivity index (χ0v) is 13.4.